The Hall–Kier alpha value is -1.81. The first kappa shape index (κ1) is 24.2. The van der Waals surface area contributed by atoms with Crippen molar-refractivity contribution in [2.24, 2.45) is 4.99 Å². The van der Waals surface area contributed by atoms with E-state index in [1.54, 1.807) is 21.3 Å². The zero-order valence-electron chi connectivity index (χ0n) is 16.4. The van der Waals surface area contributed by atoms with Gasteiger partial charge in [0.15, 0.2) is 17.5 Å². The normalized spacial score (nSPS) is 11.9. The molecule has 2 aromatic carbocycles. The lowest BCUT2D eigenvalue weighted by molar-refractivity contribution is 0.354. The van der Waals surface area contributed by atoms with E-state index in [1.807, 2.05) is 48.5 Å². The maximum Gasteiger partial charge on any atom is 0.191 e. The van der Waals surface area contributed by atoms with E-state index in [0.29, 0.717) is 18.3 Å². The van der Waals surface area contributed by atoms with Gasteiger partial charge in [-0.1, -0.05) is 24.3 Å². The molecule has 0 aliphatic carbocycles. The van der Waals surface area contributed by atoms with Gasteiger partial charge in [-0.2, -0.15) is 0 Å². The summed E-state index contributed by atoms with van der Waals surface area (Å²) in [5, 5.41) is 6.46. The van der Waals surface area contributed by atoms with Gasteiger partial charge in [0.1, 0.15) is 0 Å². The van der Waals surface area contributed by atoms with Crippen LogP contribution in [0, 0.1) is 0 Å². The third-order valence-corrected chi connectivity index (χ3v) is 5.34. The highest BCUT2D eigenvalue weighted by Crippen LogP contribution is 2.27. The second-order valence-electron chi connectivity index (χ2n) is 5.73. The maximum absolute atomic E-state index is 12.2. The Kier molecular flexibility index (Phi) is 11.6. The number of halogens is 1. The van der Waals surface area contributed by atoms with Crippen molar-refractivity contribution in [3.05, 3.63) is 54.1 Å². The van der Waals surface area contributed by atoms with E-state index in [4.69, 9.17) is 9.47 Å². The van der Waals surface area contributed by atoms with E-state index in [9.17, 15) is 4.21 Å². The van der Waals surface area contributed by atoms with Gasteiger partial charge < -0.3 is 20.1 Å². The predicted molar refractivity (Wildman–Crippen MR) is 126 cm³/mol. The van der Waals surface area contributed by atoms with Crippen LogP contribution in [0.3, 0.4) is 0 Å². The molecule has 2 aromatic rings. The van der Waals surface area contributed by atoms with Crippen molar-refractivity contribution in [3.8, 4) is 11.5 Å². The average Bonchev–Trinajstić information content (AvgIpc) is 2.72. The number of methoxy groups -OCH3 is 2. The van der Waals surface area contributed by atoms with Gasteiger partial charge in [0.2, 0.25) is 0 Å². The Bertz CT molecular complexity index is 773. The Morgan fingerprint density at radius 3 is 2.32 bits per heavy atom. The highest BCUT2D eigenvalue weighted by Gasteiger charge is 2.06. The number of hydrogen-bond donors (Lipinski definition) is 2. The fourth-order valence-corrected chi connectivity index (χ4v) is 3.52. The first-order chi connectivity index (χ1) is 13.2. The predicted octanol–water partition coefficient (Wildman–Crippen LogP) is 2.84. The molecule has 2 rings (SSSR count). The largest absolute Gasteiger partial charge is 0.493 e. The third kappa shape index (κ3) is 7.67. The summed E-state index contributed by atoms with van der Waals surface area (Å²) in [5.41, 5.74) is 1.14. The van der Waals surface area contributed by atoms with Gasteiger partial charge in [0, 0.05) is 30.8 Å². The molecule has 28 heavy (non-hydrogen) atoms. The number of hydrogen-bond acceptors (Lipinski definition) is 4. The second kappa shape index (κ2) is 13.4. The first-order valence-electron chi connectivity index (χ1n) is 8.76. The minimum absolute atomic E-state index is 0. The van der Waals surface area contributed by atoms with Crippen LogP contribution in [0.5, 0.6) is 11.5 Å². The lowest BCUT2D eigenvalue weighted by Crippen LogP contribution is -2.40. The standard InChI is InChI=1S/C20H27N3O3S.HI/c1-21-20(23-13-14-27(24)17-7-5-4-6-8-17)22-12-11-16-9-10-18(25-2)19(15-16)26-3;/h4-10,15H,11-14H2,1-3H3,(H2,21,22,23);1H. The van der Waals surface area contributed by atoms with Gasteiger partial charge in [0.05, 0.1) is 25.0 Å². The van der Waals surface area contributed by atoms with Gasteiger partial charge in [-0.25, -0.2) is 0 Å². The van der Waals surface area contributed by atoms with E-state index in [0.717, 1.165) is 34.9 Å². The smallest absolute Gasteiger partial charge is 0.191 e. The Morgan fingerprint density at radius 2 is 1.68 bits per heavy atom. The van der Waals surface area contributed by atoms with Gasteiger partial charge in [-0.15, -0.1) is 24.0 Å². The lowest BCUT2D eigenvalue weighted by Gasteiger charge is -2.13. The topological polar surface area (TPSA) is 72.0 Å². The van der Waals surface area contributed by atoms with Crippen molar-refractivity contribution in [2.75, 3.05) is 40.1 Å². The Labute approximate surface area is 186 Å². The van der Waals surface area contributed by atoms with Crippen LogP contribution in [0.2, 0.25) is 0 Å². The number of benzene rings is 2. The Balaban J connectivity index is 0.00000392. The van der Waals surface area contributed by atoms with Gasteiger partial charge in [0.25, 0.3) is 0 Å². The summed E-state index contributed by atoms with van der Waals surface area (Å²) in [6.45, 7) is 1.30. The molecule has 0 saturated heterocycles. The van der Waals surface area contributed by atoms with E-state index >= 15 is 0 Å². The zero-order chi connectivity index (χ0) is 19.5. The van der Waals surface area contributed by atoms with Crippen molar-refractivity contribution in [1.29, 1.82) is 0 Å². The molecule has 0 heterocycles. The Morgan fingerprint density at radius 1 is 1.00 bits per heavy atom. The van der Waals surface area contributed by atoms with Crippen molar-refractivity contribution >= 4 is 40.7 Å². The molecule has 1 atom stereocenters. The molecule has 0 aromatic heterocycles. The van der Waals surface area contributed by atoms with Crippen LogP contribution in [0.4, 0.5) is 0 Å². The molecule has 0 aliphatic rings. The van der Waals surface area contributed by atoms with Gasteiger partial charge in [-0.3, -0.25) is 9.20 Å². The molecular formula is C20H28IN3O3S. The molecule has 0 radical (unpaired) electrons. The summed E-state index contributed by atoms with van der Waals surface area (Å²) in [6.07, 6.45) is 0.816. The molecule has 0 aliphatic heterocycles. The minimum Gasteiger partial charge on any atom is -0.493 e. The van der Waals surface area contributed by atoms with Crippen molar-refractivity contribution in [1.82, 2.24) is 10.6 Å². The summed E-state index contributed by atoms with van der Waals surface area (Å²) >= 11 is 0. The highest BCUT2D eigenvalue weighted by atomic mass is 127. The summed E-state index contributed by atoms with van der Waals surface area (Å²) < 4.78 is 22.8. The van der Waals surface area contributed by atoms with Crippen LogP contribution >= 0.6 is 24.0 Å². The quantitative estimate of drug-likeness (QED) is 0.304. The second-order valence-corrected chi connectivity index (χ2v) is 7.30. The fourth-order valence-electron chi connectivity index (χ4n) is 2.53. The number of guanidine groups is 1. The molecule has 8 heteroatoms. The molecule has 0 fully saturated rings. The molecule has 2 N–H and O–H groups in total. The van der Waals surface area contributed by atoms with E-state index in [1.165, 1.54) is 0 Å². The lowest BCUT2D eigenvalue weighted by atomic mass is 10.1. The SMILES string of the molecule is CN=C(NCCc1ccc(OC)c(OC)c1)NCCS(=O)c1ccccc1.I. The summed E-state index contributed by atoms with van der Waals surface area (Å²) in [4.78, 5) is 5.04. The molecule has 0 amide bonds. The molecule has 1 unspecified atom stereocenters. The van der Waals surface area contributed by atoms with E-state index in [-0.39, 0.29) is 24.0 Å². The molecule has 154 valence electrons. The van der Waals surface area contributed by atoms with Crippen molar-refractivity contribution < 1.29 is 13.7 Å². The van der Waals surface area contributed by atoms with Crippen LogP contribution in [0.15, 0.2) is 58.4 Å². The van der Waals surface area contributed by atoms with Gasteiger partial charge >= 0.3 is 0 Å². The van der Waals surface area contributed by atoms with Crippen molar-refractivity contribution in [3.63, 3.8) is 0 Å². The molecule has 6 nitrogen and oxygen atoms in total. The molecular weight excluding hydrogens is 489 g/mol. The number of nitrogens with zero attached hydrogens (tertiary/aromatic N) is 1. The van der Waals surface area contributed by atoms with E-state index in [2.05, 4.69) is 15.6 Å². The van der Waals surface area contributed by atoms with Crippen LogP contribution in [0.25, 0.3) is 0 Å². The van der Waals surface area contributed by atoms with Crippen molar-refractivity contribution in [2.45, 2.75) is 11.3 Å². The van der Waals surface area contributed by atoms with Crippen LogP contribution < -0.4 is 20.1 Å². The number of nitrogens with one attached hydrogen (secondary N) is 2. The van der Waals surface area contributed by atoms with Crippen LogP contribution in [0.1, 0.15) is 5.56 Å². The highest BCUT2D eigenvalue weighted by molar-refractivity contribution is 14.0. The number of ether oxygens (including phenoxy) is 2. The molecule has 0 saturated carbocycles. The first-order valence-corrected chi connectivity index (χ1v) is 10.1. The monoisotopic (exact) mass is 517 g/mol. The third-order valence-electron chi connectivity index (χ3n) is 3.96. The molecule has 0 bridgehead atoms. The average molecular weight is 517 g/mol. The molecule has 0 spiro atoms. The van der Waals surface area contributed by atoms with Crippen LogP contribution in [-0.2, 0) is 17.2 Å². The van der Waals surface area contributed by atoms with Gasteiger partial charge in [-0.05, 0) is 36.2 Å². The summed E-state index contributed by atoms with van der Waals surface area (Å²) in [5.74, 6) is 2.67. The van der Waals surface area contributed by atoms with Crippen LogP contribution in [-0.4, -0.2) is 50.3 Å². The minimum atomic E-state index is -1.02. The summed E-state index contributed by atoms with van der Waals surface area (Å²) in [7, 11) is 3.96. The zero-order valence-corrected chi connectivity index (χ0v) is 19.6. The fraction of sp³-hybridized carbons (Fsp3) is 0.350. The summed E-state index contributed by atoms with van der Waals surface area (Å²) in [6, 6.07) is 15.4. The van der Waals surface area contributed by atoms with E-state index < -0.39 is 10.8 Å². The number of aliphatic imine (C=N–C) groups is 1. The maximum atomic E-state index is 12.2. The number of rotatable bonds is 9.